The first-order valence-electron chi connectivity index (χ1n) is 8.28. The van der Waals surface area contributed by atoms with Crippen LogP contribution < -0.4 is 10.2 Å². The third kappa shape index (κ3) is 3.51. The molecule has 0 radical (unpaired) electrons. The predicted molar refractivity (Wildman–Crippen MR) is 83.9 cm³/mol. The largest absolute Gasteiger partial charge is 0.371 e. The molecule has 0 spiro atoms. The van der Waals surface area contributed by atoms with Crippen molar-refractivity contribution in [3.8, 4) is 0 Å². The lowest BCUT2D eigenvalue weighted by atomic mass is 9.98. The van der Waals surface area contributed by atoms with Crippen LogP contribution in [0.5, 0.6) is 0 Å². The maximum atomic E-state index is 4.33. The van der Waals surface area contributed by atoms with Crippen molar-refractivity contribution in [2.75, 3.05) is 18.0 Å². The summed E-state index contributed by atoms with van der Waals surface area (Å²) in [6, 6.07) is 2.97. The SMILES string of the molecule is CCC1CCCN(c2ccncc2CNC2CC2)CC1. The summed E-state index contributed by atoms with van der Waals surface area (Å²) in [5.74, 6) is 0.926. The van der Waals surface area contributed by atoms with E-state index in [1.165, 1.54) is 62.9 Å². The van der Waals surface area contributed by atoms with Crippen LogP contribution in [0.15, 0.2) is 18.5 Å². The fourth-order valence-electron chi connectivity index (χ4n) is 3.22. The van der Waals surface area contributed by atoms with Gasteiger partial charge in [-0.05, 0) is 44.1 Å². The van der Waals surface area contributed by atoms with E-state index in [2.05, 4.69) is 28.2 Å². The maximum Gasteiger partial charge on any atom is 0.0442 e. The van der Waals surface area contributed by atoms with Gasteiger partial charge in [0, 0.05) is 49.3 Å². The standard InChI is InChI=1S/C17H27N3/c1-2-14-4-3-10-20(11-8-14)17-7-9-18-12-15(17)13-19-16-5-6-16/h7,9,12,14,16,19H,2-6,8,10-11,13H2,1H3. The first-order chi connectivity index (χ1) is 9.86. The van der Waals surface area contributed by atoms with Crippen molar-refractivity contribution >= 4 is 5.69 Å². The molecule has 1 aromatic heterocycles. The normalized spacial score (nSPS) is 23.6. The van der Waals surface area contributed by atoms with E-state index < -0.39 is 0 Å². The smallest absolute Gasteiger partial charge is 0.0442 e. The molecule has 0 bridgehead atoms. The summed E-state index contributed by atoms with van der Waals surface area (Å²) >= 11 is 0. The molecule has 3 nitrogen and oxygen atoms in total. The lowest BCUT2D eigenvalue weighted by Gasteiger charge is -2.25. The molecule has 2 fully saturated rings. The van der Waals surface area contributed by atoms with Gasteiger partial charge in [0.1, 0.15) is 0 Å². The fourth-order valence-corrected chi connectivity index (χ4v) is 3.22. The lowest BCUT2D eigenvalue weighted by Crippen LogP contribution is -2.27. The van der Waals surface area contributed by atoms with Crippen LogP contribution in [0.4, 0.5) is 5.69 Å². The first kappa shape index (κ1) is 13.9. The van der Waals surface area contributed by atoms with Gasteiger partial charge in [-0.25, -0.2) is 0 Å². The minimum Gasteiger partial charge on any atom is -0.371 e. The van der Waals surface area contributed by atoms with Crippen molar-refractivity contribution in [1.82, 2.24) is 10.3 Å². The molecule has 20 heavy (non-hydrogen) atoms. The highest BCUT2D eigenvalue weighted by Crippen LogP contribution is 2.27. The Morgan fingerprint density at radius 1 is 1.25 bits per heavy atom. The van der Waals surface area contributed by atoms with E-state index in [4.69, 9.17) is 0 Å². The van der Waals surface area contributed by atoms with E-state index >= 15 is 0 Å². The van der Waals surface area contributed by atoms with Gasteiger partial charge in [0.25, 0.3) is 0 Å². The van der Waals surface area contributed by atoms with Gasteiger partial charge in [-0.1, -0.05) is 13.3 Å². The van der Waals surface area contributed by atoms with Crippen molar-refractivity contribution in [2.24, 2.45) is 5.92 Å². The van der Waals surface area contributed by atoms with Gasteiger partial charge in [0.2, 0.25) is 0 Å². The van der Waals surface area contributed by atoms with Gasteiger partial charge in [0.05, 0.1) is 0 Å². The van der Waals surface area contributed by atoms with E-state index in [9.17, 15) is 0 Å². The average Bonchev–Trinajstić information content (AvgIpc) is 3.32. The molecule has 1 aliphatic carbocycles. The van der Waals surface area contributed by atoms with Gasteiger partial charge in [-0.2, -0.15) is 0 Å². The molecule has 1 aromatic rings. The number of nitrogens with zero attached hydrogens (tertiary/aromatic N) is 2. The number of rotatable bonds is 5. The summed E-state index contributed by atoms with van der Waals surface area (Å²) in [5.41, 5.74) is 2.78. The molecule has 2 heterocycles. The highest BCUT2D eigenvalue weighted by atomic mass is 15.1. The summed E-state index contributed by atoms with van der Waals surface area (Å²) in [4.78, 5) is 6.91. The number of anilines is 1. The minimum absolute atomic E-state index is 0.761. The highest BCUT2D eigenvalue weighted by molar-refractivity contribution is 5.52. The molecular formula is C17H27N3. The highest BCUT2D eigenvalue weighted by Gasteiger charge is 2.22. The van der Waals surface area contributed by atoms with Crippen LogP contribution >= 0.6 is 0 Å². The number of hydrogen-bond acceptors (Lipinski definition) is 3. The molecule has 1 saturated carbocycles. The minimum atomic E-state index is 0.761. The zero-order valence-corrected chi connectivity index (χ0v) is 12.6. The van der Waals surface area contributed by atoms with Crippen LogP contribution in [0.3, 0.4) is 0 Å². The molecule has 1 aliphatic heterocycles. The molecule has 1 atom stereocenters. The Morgan fingerprint density at radius 3 is 2.95 bits per heavy atom. The maximum absolute atomic E-state index is 4.33. The number of nitrogens with one attached hydrogen (secondary N) is 1. The van der Waals surface area contributed by atoms with Crippen molar-refractivity contribution in [3.63, 3.8) is 0 Å². The molecule has 1 saturated heterocycles. The van der Waals surface area contributed by atoms with Crippen LogP contribution in [0.2, 0.25) is 0 Å². The van der Waals surface area contributed by atoms with Crippen molar-refractivity contribution in [3.05, 3.63) is 24.0 Å². The molecule has 0 aromatic carbocycles. The Balaban J connectivity index is 1.68. The summed E-state index contributed by atoms with van der Waals surface area (Å²) in [6.07, 6.45) is 12.1. The van der Waals surface area contributed by atoms with Crippen LogP contribution in [-0.4, -0.2) is 24.1 Å². The van der Waals surface area contributed by atoms with Crippen molar-refractivity contribution in [1.29, 1.82) is 0 Å². The van der Waals surface area contributed by atoms with Crippen LogP contribution in [0, 0.1) is 5.92 Å². The first-order valence-corrected chi connectivity index (χ1v) is 8.28. The lowest BCUT2D eigenvalue weighted by molar-refractivity contribution is 0.459. The van der Waals surface area contributed by atoms with E-state index in [0.29, 0.717) is 0 Å². The molecular weight excluding hydrogens is 246 g/mol. The molecule has 0 amide bonds. The van der Waals surface area contributed by atoms with E-state index in [0.717, 1.165) is 18.5 Å². The number of pyridine rings is 1. The average molecular weight is 273 g/mol. The summed E-state index contributed by atoms with van der Waals surface area (Å²) in [7, 11) is 0. The number of hydrogen-bond donors (Lipinski definition) is 1. The topological polar surface area (TPSA) is 28.2 Å². The molecule has 3 heteroatoms. The van der Waals surface area contributed by atoms with Gasteiger partial charge in [0.15, 0.2) is 0 Å². The van der Waals surface area contributed by atoms with E-state index in [1.807, 2.05) is 12.4 Å². The molecule has 1 unspecified atom stereocenters. The van der Waals surface area contributed by atoms with Crippen LogP contribution in [-0.2, 0) is 6.54 Å². The quantitative estimate of drug-likeness (QED) is 0.891. The van der Waals surface area contributed by atoms with Crippen molar-refractivity contribution in [2.45, 2.75) is 58.0 Å². The van der Waals surface area contributed by atoms with Gasteiger partial charge < -0.3 is 10.2 Å². The molecule has 3 rings (SSSR count). The summed E-state index contributed by atoms with van der Waals surface area (Å²) < 4.78 is 0. The van der Waals surface area contributed by atoms with Gasteiger partial charge in [-0.3, -0.25) is 4.98 Å². The van der Waals surface area contributed by atoms with Gasteiger partial charge in [-0.15, -0.1) is 0 Å². The zero-order valence-electron chi connectivity index (χ0n) is 12.6. The van der Waals surface area contributed by atoms with E-state index in [-0.39, 0.29) is 0 Å². The Labute approximate surface area is 122 Å². The third-order valence-electron chi connectivity index (χ3n) is 4.80. The van der Waals surface area contributed by atoms with E-state index in [1.54, 1.807) is 0 Å². The zero-order chi connectivity index (χ0) is 13.8. The number of aromatic nitrogens is 1. The van der Waals surface area contributed by atoms with Crippen LogP contribution in [0.25, 0.3) is 0 Å². The predicted octanol–water partition coefficient (Wildman–Crippen LogP) is 3.35. The molecule has 2 aliphatic rings. The molecule has 110 valence electrons. The monoisotopic (exact) mass is 273 g/mol. The Morgan fingerprint density at radius 2 is 2.15 bits per heavy atom. The van der Waals surface area contributed by atoms with Crippen LogP contribution in [0.1, 0.15) is 51.0 Å². The second-order valence-corrected chi connectivity index (χ2v) is 6.35. The Bertz CT molecular complexity index is 428. The summed E-state index contributed by atoms with van der Waals surface area (Å²) in [5, 5.41) is 3.62. The second-order valence-electron chi connectivity index (χ2n) is 6.35. The van der Waals surface area contributed by atoms with Gasteiger partial charge >= 0.3 is 0 Å². The van der Waals surface area contributed by atoms with Crippen molar-refractivity contribution < 1.29 is 0 Å². The second kappa shape index (κ2) is 6.57. The summed E-state index contributed by atoms with van der Waals surface area (Å²) in [6.45, 7) is 5.72. The molecule has 1 N–H and O–H groups in total. The Hall–Kier alpha value is -1.09. The Kier molecular flexibility index (Phi) is 4.56. The fraction of sp³-hybridized carbons (Fsp3) is 0.706. The third-order valence-corrected chi connectivity index (χ3v) is 4.80.